The molecule has 0 atom stereocenters. The molecule has 2 nitrogen and oxygen atoms in total. The summed E-state index contributed by atoms with van der Waals surface area (Å²) in [5.41, 5.74) is 2.23. The first-order valence-electron chi connectivity index (χ1n) is 7.09. The predicted molar refractivity (Wildman–Crippen MR) is 78.9 cm³/mol. The Kier molecular flexibility index (Phi) is 6.20. The summed E-state index contributed by atoms with van der Waals surface area (Å²) in [5, 5.41) is 9.50. The van der Waals surface area contributed by atoms with Crippen molar-refractivity contribution in [3.05, 3.63) is 29.8 Å². The second kappa shape index (κ2) is 7.42. The average Bonchev–Trinajstić information content (AvgIpc) is 2.38. The lowest BCUT2D eigenvalue weighted by molar-refractivity contribution is 0.281. The Bertz CT molecular complexity index is 345. The van der Waals surface area contributed by atoms with Crippen LogP contribution in [-0.2, 0) is 6.61 Å². The molecule has 0 radical (unpaired) electrons. The molecule has 0 saturated heterocycles. The lowest BCUT2D eigenvalue weighted by Gasteiger charge is -2.35. The van der Waals surface area contributed by atoms with Crippen LogP contribution in [0.4, 0.5) is 5.69 Å². The summed E-state index contributed by atoms with van der Waals surface area (Å²) in [6, 6.07) is 8.76. The zero-order chi connectivity index (χ0) is 13.5. The lowest BCUT2D eigenvalue weighted by Crippen LogP contribution is -2.38. The van der Waals surface area contributed by atoms with E-state index in [1.807, 2.05) is 12.1 Å². The van der Waals surface area contributed by atoms with Crippen LogP contribution in [0.3, 0.4) is 0 Å². The number of rotatable bonds is 7. The summed E-state index contributed by atoms with van der Waals surface area (Å²) >= 11 is 0. The Balaban J connectivity index is 3.07. The summed E-state index contributed by atoms with van der Waals surface area (Å²) in [7, 11) is 0. The van der Waals surface area contributed by atoms with Gasteiger partial charge in [-0.15, -0.1) is 0 Å². The maximum absolute atomic E-state index is 9.50. The monoisotopic (exact) mass is 249 g/mol. The van der Waals surface area contributed by atoms with Gasteiger partial charge < -0.3 is 10.0 Å². The fourth-order valence-corrected chi connectivity index (χ4v) is 2.49. The van der Waals surface area contributed by atoms with Crippen LogP contribution in [-0.4, -0.2) is 17.7 Å². The highest BCUT2D eigenvalue weighted by molar-refractivity contribution is 5.54. The molecular weight excluding hydrogens is 222 g/mol. The van der Waals surface area contributed by atoms with E-state index >= 15 is 0 Å². The number of anilines is 1. The molecule has 1 aromatic carbocycles. The van der Waals surface area contributed by atoms with Gasteiger partial charge in [0, 0.05) is 23.8 Å². The van der Waals surface area contributed by atoms with Gasteiger partial charge in [-0.2, -0.15) is 0 Å². The standard InChI is InChI=1S/C16H27NO/c1-5-15(6-2)17(11-13(3)4)16-10-8-7-9-14(16)12-18/h7-10,13,15,18H,5-6,11-12H2,1-4H3. The molecular formula is C16H27NO. The fourth-order valence-electron chi connectivity index (χ4n) is 2.49. The van der Waals surface area contributed by atoms with Gasteiger partial charge in [-0.1, -0.05) is 45.9 Å². The third-order valence-corrected chi connectivity index (χ3v) is 3.42. The van der Waals surface area contributed by atoms with Crippen molar-refractivity contribution in [3.63, 3.8) is 0 Å². The molecule has 0 aliphatic rings. The number of aliphatic hydroxyl groups excluding tert-OH is 1. The van der Waals surface area contributed by atoms with Crippen LogP contribution >= 0.6 is 0 Å². The fraction of sp³-hybridized carbons (Fsp3) is 0.625. The molecule has 0 fully saturated rings. The molecule has 1 aromatic rings. The van der Waals surface area contributed by atoms with E-state index in [9.17, 15) is 5.11 Å². The summed E-state index contributed by atoms with van der Waals surface area (Å²) in [4.78, 5) is 2.47. The SMILES string of the molecule is CCC(CC)N(CC(C)C)c1ccccc1CO. The maximum Gasteiger partial charge on any atom is 0.0702 e. The molecule has 0 unspecified atom stereocenters. The lowest BCUT2D eigenvalue weighted by atomic mass is 10.0. The van der Waals surface area contributed by atoms with Crippen molar-refractivity contribution in [1.82, 2.24) is 0 Å². The van der Waals surface area contributed by atoms with Crippen molar-refractivity contribution < 1.29 is 5.11 Å². The molecule has 0 heterocycles. The first-order valence-corrected chi connectivity index (χ1v) is 7.09. The molecule has 0 saturated carbocycles. The van der Waals surface area contributed by atoms with Crippen molar-refractivity contribution >= 4 is 5.69 Å². The van der Waals surface area contributed by atoms with E-state index in [4.69, 9.17) is 0 Å². The summed E-state index contributed by atoms with van der Waals surface area (Å²) in [6.07, 6.45) is 2.28. The molecule has 1 rings (SSSR count). The minimum Gasteiger partial charge on any atom is -0.392 e. The van der Waals surface area contributed by atoms with Crippen molar-refractivity contribution in [2.45, 2.75) is 53.2 Å². The molecule has 18 heavy (non-hydrogen) atoms. The number of para-hydroxylation sites is 1. The van der Waals surface area contributed by atoms with E-state index in [1.165, 1.54) is 5.69 Å². The van der Waals surface area contributed by atoms with Crippen molar-refractivity contribution in [2.24, 2.45) is 5.92 Å². The van der Waals surface area contributed by atoms with Gasteiger partial charge in [0.1, 0.15) is 0 Å². The van der Waals surface area contributed by atoms with Gasteiger partial charge in [-0.05, 0) is 24.8 Å². The Morgan fingerprint density at radius 1 is 1.11 bits per heavy atom. The van der Waals surface area contributed by atoms with Crippen LogP contribution in [0, 0.1) is 5.92 Å². The number of aliphatic hydroxyl groups is 1. The van der Waals surface area contributed by atoms with E-state index in [1.54, 1.807) is 0 Å². The van der Waals surface area contributed by atoms with E-state index in [2.05, 4.69) is 44.7 Å². The topological polar surface area (TPSA) is 23.5 Å². The van der Waals surface area contributed by atoms with E-state index in [0.717, 1.165) is 24.9 Å². The molecule has 0 aliphatic carbocycles. The van der Waals surface area contributed by atoms with Gasteiger partial charge in [-0.25, -0.2) is 0 Å². The van der Waals surface area contributed by atoms with Gasteiger partial charge >= 0.3 is 0 Å². The molecule has 0 aromatic heterocycles. The third-order valence-electron chi connectivity index (χ3n) is 3.42. The maximum atomic E-state index is 9.50. The highest BCUT2D eigenvalue weighted by Gasteiger charge is 2.18. The van der Waals surface area contributed by atoms with Crippen LogP contribution in [0.15, 0.2) is 24.3 Å². The highest BCUT2D eigenvalue weighted by Crippen LogP contribution is 2.26. The Morgan fingerprint density at radius 2 is 1.72 bits per heavy atom. The molecule has 0 bridgehead atoms. The normalized spacial score (nSPS) is 11.3. The first-order chi connectivity index (χ1) is 8.63. The van der Waals surface area contributed by atoms with Gasteiger partial charge in [0.2, 0.25) is 0 Å². The Hall–Kier alpha value is -1.02. The zero-order valence-corrected chi connectivity index (χ0v) is 12.2. The van der Waals surface area contributed by atoms with Crippen molar-refractivity contribution in [3.8, 4) is 0 Å². The van der Waals surface area contributed by atoms with Gasteiger partial charge in [0.25, 0.3) is 0 Å². The van der Waals surface area contributed by atoms with Crippen LogP contribution in [0.25, 0.3) is 0 Å². The first kappa shape index (κ1) is 15.0. The molecule has 0 aliphatic heterocycles. The average molecular weight is 249 g/mol. The smallest absolute Gasteiger partial charge is 0.0702 e. The van der Waals surface area contributed by atoms with Crippen LogP contribution < -0.4 is 4.90 Å². The number of nitrogens with zero attached hydrogens (tertiary/aromatic N) is 1. The molecule has 2 heteroatoms. The van der Waals surface area contributed by atoms with Gasteiger partial charge in [0.15, 0.2) is 0 Å². The molecule has 102 valence electrons. The van der Waals surface area contributed by atoms with Gasteiger partial charge in [-0.3, -0.25) is 0 Å². The predicted octanol–water partition coefficient (Wildman–Crippen LogP) is 3.83. The third kappa shape index (κ3) is 3.74. The van der Waals surface area contributed by atoms with Crippen LogP contribution in [0.5, 0.6) is 0 Å². The van der Waals surface area contributed by atoms with Crippen molar-refractivity contribution in [2.75, 3.05) is 11.4 Å². The van der Waals surface area contributed by atoms with Crippen molar-refractivity contribution in [1.29, 1.82) is 0 Å². The number of benzene rings is 1. The highest BCUT2D eigenvalue weighted by atomic mass is 16.3. The number of hydrogen-bond donors (Lipinski definition) is 1. The minimum atomic E-state index is 0.116. The molecule has 1 N–H and O–H groups in total. The van der Waals surface area contributed by atoms with Gasteiger partial charge in [0.05, 0.1) is 6.61 Å². The van der Waals surface area contributed by atoms with Crippen LogP contribution in [0.1, 0.15) is 46.1 Å². The minimum absolute atomic E-state index is 0.116. The van der Waals surface area contributed by atoms with E-state index in [-0.39, 0.29) is 6.61 Å². The summed E-state index contributed by atoms with van der Waals surface area (Å²) < 4.78 is 0. The Labute approximate surface area is 112 Å². The zero-order valence-electron chi connectivity index (χ0n) is 12.2. The second-order valence-corrected chi connectivity index (χ2v) is 5.30. The summed E-state index contributed by atoms with van der Waals surface area (Å²) in [6.45, 7) is 10.1. The largest absolute Gasteiger partial charge is 0.392 e. The van der Waals surface area contributed by atoms with Crippen LogP contribution in [0.2, 0.25) is 0 Å². The van der Waals surface area contributed by atoms with E-state index < -0.39 is 0 Å². The molecule has 0 amide bonds. The molecule has 0 spiro atoms. The van der Waals surface area contributed by atoms with E-state index in [0.29, 0.717) is 12.0 Å². The number of hydrogen-bond acceptors (Lipinski definition) is 2. The quantitative estimate of drug-likeness (QED) is 0.794. The summed E-state index contributed by atoms with van der Waals surface area (Å²) in [5.74, 6) is 0.623. The second-order valence-electron chi connectivity index (χ2n) is 5.30. The Morgan fingerprint density at radius 3 is 2.22 bits per heavy atom.